The molecule has 0 aromatic heterocycles. The minimum atomic E-state index is -0.468. The van der Waals surface area contributed by atoms with Gasteiger partial charge in [0.15, 0.2) is 5.75 Å². The second-order valence-corrected chi connectivity index (χ2v) is 3.36. The number of methoxy groups -OCH3 is 1. The molecule has 96 valence electrons. The van der Waals surface area contributed by atoms with Gasteiger partial charge in [0.25, 0.3) is 0 Å². The van der Waals surface area contributed by atoms with Crippen LogP contribution in [0.4, 0.5) is 5.69 Å². The second kappa shape index (κ2) is 7.11. The fourth-order valence-corrected chi connectivity index (χ4v) is 1.36. The molecule has 0 saturated heterocycles. The van der Waals surface area contributed by atoms with Gasteiger partial charge in [0.05, 0.1) is 23.9 Å². The van der Waals surface area contributed by atoms with Crippen molar-refractivity contribution >= 4 is 11.8 Å². The Hall–Kier alpha value is -2.30. The molecule has 0 spiro atoms. The summed E-state index contributed by atoms with van der Waals surface area (Å²) in [4.78, 5) is 10.5. The van der Waals surface area contributed by atoms with Crippen LogP contribution in [0.5, 0.6) is 5.75 Å². The average Bonchev–Trinajstić information content (AvgIpc) is 2.37. The number of rotatable bonds is 6. The first-order chi connectivity index (χ1) is 8.70. The predicted octanol–water partition coefficient (Wildman–Crippen LogP) is 3.17. The number of nitrogens with zero attached hydrogens (tertiary/aromatic N) is 1. The summed E-state index contributed by atoms with van der Waals surface area (Å²) in [5, 5.41) is 11.0. The van der Waals surface area contributed by atoms with E-state index in [0.717, 1.165) is 0 Å². The summed E-state index contributed by atoms with van der Waals surface area (Å²) < 4.78 is 10.1. The van der Waals surface area contributed by atoms with Gasteiger partial charge < -0.3 is 9.47 Å². The molecular weight excluding hydrogens is 234 g/mol. The molecule has 1 rings (SSSR count). The van der Waals surface area contributed by atoms with E-state index < -0.39 is 4.92 Å². The van der Waals surface area contributed by atoms with Crippen molar-refractivity contribution < 1.29 is 14.4 Å². The highest BCUT2D eigenvalue weighted by molar-refractivity contribution is 5.66. The first kappa shape index (κ1) is 13.8. The molecular formula is C13H15NO4. The van der Waals surface area contributed by atoms with E-state index >= 15 is 0 Å². The number of hydrogen-bond acceptors (Lipinski definition) is 4. The fraction of sp³-hybridized carbons (Fsp3) is 0.231. The van der Waals surface area contributed by atoms with Crippen LogP contribution in [0.1, 0.15) is 12.5 Å². The molecule has 0 atom stereocenters. The molecule has 0 unspecified atom stereocenters. The number of nitro benzene ring substituents is 1. The Morgan fingerprint density at radius 2 is 2.22 bits per heavy atom. The number of ether oxygens (including phenoxy) is 2. The van der Waals surface area contributed by atoms with Crippen LogP contribution in [0, 0.1) is 10.1 Å². The standard InChI is InChI=1S/C13H15NO4/c1-3-4-9-18-10-8-11-6-5-7-12(17-2)13(11)14(15)16/h3-8,10H,9H2,1-2H3/b4-3+,10-8+. The summed E-state index contributed by atoms with van der Waals surface area (Å²) in [6.45, 7) is 2.32. The third-order valence-electron chi connectivity index (χ3n) is 2.20. The van der Waals surface area contributed by atoms with Gasteiger partial charge >= 0.3 is 5.69 Å². The number of hydrogen-bond donors (Lipinski definition) is 0. The Morgan fingerprint density at radius 1 is 1.44 bits per heavy atom. The van der Waals surface area contributed by atoms with Crippen LogP contribution in [0.3, 0.4) is 0 Å². The van der Waals surface area contributed by atoms with E-state index in [2.05, 4.69) is 0 Å². The van der Waals surface area contributed by atoms with Gasteiger partial charge in [-0.15, -0.1) is 0 Å². The molecule has 0 amide bonds. The molecule has 0 N–H and O–H groups in total. The maximum Gasteiger partial charge on any atom is 0.318 e. The molecule has 18 heavy (non-hydrogen) atoms. The van der Waals surface area contributed by atoms with Crippen LogP contribution in [-0.4, -0.2) is 18.6 Å². The fourth-order valence-electron chi connectivity index (χ4n) is 1.36. The van der Waals surface area contributed by atoms with Crippen LogP contribution in [0.15, 0.2) is 36.6 Å². The zero-order chi connectivity index (χ0) is 13.4. The van der Waals surface area contributed by atoms with Gasteiger partial charge in [-0.1, -0.05) is 18.2 Å². The molecule has 0 fully saturated rings. The van der Waals surface area contributed by atoms with E-state index in [1.54, 1.807) is 24.3 Å². The molecule has 1 aromatic carbocycles. The van der Waals surface area contributed by atoms with E-state index in [0.29, 0.717) is 12.2 Å². The third kappa shape index (κ3) is 3.62. The number of benzene rings is 1. The van der Waals surface area contributed by atoms with Crippen molar-refractivity contribution in [2.45, 2.75) is 6.92 Å². The molecule has 0 aliphatic rings. The largest absolute Gasteiger partial charge is 0.497 e. The normalized spacial score (nSPS) is 11.0. The van der Waals surface area contributed by atoms with Crippen molar-refractivity contribution in [3.05, 3.63) is 52.3 Å². The monoisotopic (exact) mass is 249 g/mol. The summed E-state index contributed by atoms with van der Waals surface area (Å²) in [7, 11) is 1.40. The number of para-hydroxylation sites is 1. The van der Waals surface area contributed by atoms with Gasteiger partial charge in [-0.25, -0.2) is 0 Å². The van der Waals surface area contributed by atoms with E-state index in [1.807, 2.05) is 19.1 Å². The van der Waals surface area contributed by atoms with E-state index in [1.165, 1.54) is 13.4 Å². The minimum absolute atomic E-state index is 0.0640. The highest BCUT2D eigenvalue weighted by atomic mass is 16.6. The van der Waals surface area contributed by atoms with Crippen molar-refractivity contribution in [2.75, 3.05) is 13.7 Å². The smallest absolute Gasteiger partial charge is 0.318 e. The summed E-state index contributed by atoms with van der Waals surface area (Å²) in [5.74, 6) is 0.232. The van der Waals surface area contributed by atoms with E-state index in [-0.39, 0.29) is 11.4 Å². The average molecular weight is 249 g/mol. The van der Waals surface area contributed by atoms with Crippen molar-refractivity contribution in [3.8, 4) is 5.75 Å². The lowest BCUT2D eigenvalue weighted by Crippen LogP contribution is -1.96. The highest BCUT2D eigenvalue weighted by Gasteiger charge is 2.18. The zero-order valence-electron chi connectivity index (χ0n) is 10.3. The van der Waals surface area contributed by atoms with Gasteiger partial charge in [0.1, 0.15) is 6.61 Å². The Kier molecular flexibility index (Phi) is 5.44. The van der Waals surface area contributed by atoms with Crippen LogP contribution in [-0.2, 0) is 4.74 Å². The van der Waals surface area contributed by atoms with Crippen LogP contribution >= 0.6 is 0 Å². The van der Waals surface area contributed by atoms with Crippen molar-refractivity contribution in [2.24, 2.45) is 0 Å². The molecule has 0 aliphatic heterocycles. The lowest BCUT2D eigenvalue weighted by molar-refractivity contribution is -0.386. The van der Waals surface area contributed by atoms with Crippen LogP contribution in [0.25, 0.3) is 6.08 Å². The Bertz CT molecular complexity index is 466. The molecule has 0 bridgehead atoms. The second-order valence-electron chi connectivity index (χ2n) is 3.36. The minimum Gasteiger partial charge on any atom is -0.497 e. The molecule has 0 saturated carbocycles. The maximum atomic E-state index is 11.0. The van der Waals surface area contributed by atoms with Gasteiger partial charge in [0.2, 0.25) is 0 Å². The van der Waals surface area contributed by atoms with Crippen molar-refractivity contribution in [3.63, 3.8) is 0 Å². The number of nitro groups is 1. The van der Waals surface area contributed by atoms with Gasteiger partial charge in [-0.3, -0.25) is 10.1 Å². The molecule has 0 heterocycles. The molecule has 0 aliphatic carbocycles. The summed E-state index contributed by atoms with van der Waals surface area (Å²) >= 11 is 0. The summed E-state index contributed by atoms with van der Waals surface area (Å²) in [5.41, 5.74) is 0.380. The Balaban J connectivity index is 2.91. The Morgan fingerprint density at radius 3 is 2.83 bits per heavy atom. The van der Waals surface area contributed by atoms with Crippen LogP contribution in [0.2, 0.25) is 0 Å². The lowest BCUT2D eigenvalue weighted by Gasteiger charge is -2.03. The third-order valence-corrected chi connectivity index (χ3v) is 2.20. The topological polar surface area (TPSA) is 61.6 Å². The summed E-state index contributed by atoms with van der Waals surface area (Å²) in [6.07, 6.45) is 6.68. The first-order valence-electron chi connectivity index (χ1n) is 5.41. The van der Waals surface area contributed by atoms with Crippen molar-refractivity contribution in [1.82, 2.24) is 0 Å². The van der Waals surface area contributed by atoms with Crippen molar-refractivity contribution in [1.29, 1.82) is 0 Å². The first-order valence-corrected chi connectivity index (χ1v) is 5.41. The molecule has 1 aromatic rings. The summed E-state index contributed by atoms with van der Waals surface area (Å²) in [6, 6.07) is 4.88. The maximum absolute atomic E-state index is 11.0. The van der Waals surface area contributed by atoms with Gasteiger partial charge in [0, 0.05) is 0 Å². The SMILES string of the molecule is C/C=C/CO/C=C/c1cccc(OC)c1[N+](=O)[O-]. The molecule has 5 nitrogen and oxygen atoms in total. The van der Waals surface area contributed by atoms with E-state index in [4.69, 9.17) is 9.47 Å². The predicted molar refractivity (Wildman–Crippen MR) is 69.4 cm³/mol. The van der Waals surface area contributed by atoms with E-state index in [9.17, 15) is 10.1 Å². The zero-order valence-corrected chi connectivity index (χ0v) is 10.3. The highest BCUT2D eigenvalue weighted by Crippen LogP contribution is 2.31. The quantitative estimate of drug-likeness (QED) is 0.255. The molecule has 5 heteroatoms. The van der Waals surface area contributed by atoms with Gasteiger partial charge in [-0.05, 0) is 25.1 Å². The Labute approximate surface area is 105 Å². The van der Waals surface area contributed by atoms with Gasteiger partial charge in [-0.2, -0.15) is 0 Å². The van der Waals surface area contributed by atoms with Crippen LogP contribution < -0.4 is 4.74 Å². The molecule has 0 radical (unpaired) electrons. The number of allylic oxidation sites excluding steroid dienone is 1. The lowest BCUT2D eigenvalue weighted by atomic mass is 10.1.